The molecule has 1 rings (SSSR count). The Hall–Kier alpha value is -0.440. The van der Waals surface area contributed by atoms with Crippen LogP contribution in [-0.4, -0.2) is 13.2 Å². The van der Waals surface area contributed by atoms with Gasteiger partial charge in [-0.1, -0.05) is 13.3 Å². The molecular weight excluding hydrogens is 174 g/mol. The van der Waals surface area contributed by atoms with Crippen molar-refractivity contribution in [2.75, 3.05) is 13.2 Å². The quantitative estimate of drug-likeness (QED) is 0.661. The summed E-state index contributed by atoms with van der Waals surface area (Å²) < 4.78 is 28.9. The van der Waals surface area contributed by atoms with Crippen LogP contribution in [0.2, 0.25) is 0 Å². The predicted octanol–water partition coefficient (Wildman–Crippen LogP) is 3.22. The lowest BCUT2D eigenvalue weighted by Gasteiger charge is -2.18. The van der Waals surface area contributed by atoms with Gasteiger partial charge in [0, 0.05) is 13.2 Å². The van der Waals surface area contributed by atoms with Crippen molar-refractivity contribution < 1.29 is 13.5 Å². The molecule has 0 saturated carbocycles. The number of ether oxygens (including phenoxy) is 1. The largest absolute Gasteiger partial charge is 0.381 e. The highest BCUT2D eigenvalue weighted by molar-refractivity contribution is 4.86. The Labute approximate surface area is 77.8 Å². The Balaban J connectivity index is 2.37. The van der Waals surface area contributed by atoms with Gasteiger partial charge >= 0.3 is 0 Å². The van der Waals surface area contributed by atoms with Crippen LogP contribution < -0.4 is 0 Å². The fraction of sp³-hybridized carbons (Fsp3) is 0.800. The molecule has 0 aromatic carbocycles. The van der Waals surface area contributed by atoms with E-state index in [1.54, 1.807) is 0 Å². The molecule has 1 nitrogen and oxygen atoms in total. The minimum atomic E-state index is -1.56. The van der Waals surface area contributed by atoms with Crippen molar-refractivity contribution in [3.05, 3.63) is 12.2 Å². The second kappa shape index (κ2) is 5.32. The van der Waals surface area contributed by atoms with E-state index in [1.807, 2.05) is 6.92 Å². The third-order valence-electron chi connectivity index (χ3n) is 2.73. The first-order valence-electron chi connectivity index (χ1n) is 4.83. The number of allylic oxidation sites excluding steroid dienone is 1. The van der Waals surface area contributed by atoms with Crippen LogP contribution >= 0.6 is 0 Å². The monoisotopic (exact) mass is 190 g/mol. The Kier molecular flexibility index (Phi) is 4.36. The van der Waals surface area contributed by atoms with Gasteiger partial charge < -0.3 is 4.74 Å². The molecule has 0 aromatic heterocycles. The van der Waals surface area contributed by atoms with Gasteiger partial charge in [0.05, 0.1) is 0 Å². The molecule has 0 N–H and O–H groups in total. The van der Waals surface area contributed by atoms with Crippen molar-refractivity contribution in [2.24, 2.45) is 11.8 Å². The molecule has 2 unspecified atom stereocenters. The third kappa shape index (κ3) is 3.43. The van der Waals surface area contributed by atoms with Gasteiger partial charge in [0.1, 0.15) is 0 Å². The number of halogens is 2. The lowest BCUT2D eigenvalue weighted by Crippen LogP contribution is -2.13. The first-order chi connectivity index (χ1) is 6.24. The van der Waals surface area contributed by atoms with Gasteiger partial charge in [-0.2, -0.15) is 8.78 Å². The summed E-state index contributed by atoms with van der Waals surface area (Å²) in [4.78, 5) is 0. The minimum absolute atomic E-state index is 0.365. The van der Waals surface area contributed by atoms with Crippen molar-refractivity contribution >= 4 is 0 Å². The van der Waals surface area contributed by atoms with Crippen molar-refractivity contribution in [1.82, 2.24) is 0 Å². The highest BCUT2D eigenvalue weighted by Gasteiger charge is 2.23. The summed E-state index contributed by atoms with van der Waals surface area (Å²) >= 11 is 0. The van der Waals surface area contributed by atoms with Crippen molar-refractivity contribution in [1.29, 1.82) is 0 Å². The molecule has 1 saturated heterocycles. The molecule has 1 heterocycles. The van der Waals surface area contributed by atoms with Crippen LogP contribution in [0.3, 0.4) is 0 Å². The average Bonchev–Trinajstić information content (AvgIpc) is 2.58. The van der Waals surface area contributed by atoms with Crippen LogP contribution in [0.25, 0.3) is 0 Å². The van der Waals surface area contributed by atoms with Gasteiger partial charge in [-0.3, -0.25) is 0 Å². The Morgan fingerprint density at radius 1 is 1.62 bits per heavy atom. The lowest BCUT2D eigenvalue weighted by atomic mass is 9.87. The predicted molar refractivity (Wildman–Crippen MR) is 47.6 cm³/mol. The SMILES string of the molecule is CCC(CC=C(F)F)C1CCOC1. The normalized spacial score (nSPS) is 24.4. The molecule has 0 amide bonds. The molecule has 0 bridgehead atoms. The molecule has 1 aliphatic heterocycles. The Morgan fingerprint density at radius 3 is 2.85 bits per heavy atom. The van der Waals surface area contributed by atoms with E-state index in [0.29, 0.717) is 18.3 Å². The van der Waals surface area contributed by atoms with Crippen LogP contribution in [0, 0.1) is 11.8 Å². The van der Waals surface area contributed by atoms with Crippen LogP contribution in [0.5, 0.6) is 0 Å². The van der Waals surface area contributed by atoms with Gasteiger partial charge in [-0.25, -0.2) is 0 Å². The van der Waals surface area contributed by atoms with Gasteiger partial charge in [0.2, 0.25) is 0 Å². The fourth-order valence-electron chi connectivity index (χ4n) is 1.86. The van der Waals surface area contributed by atoms with E-state index >= 15 is 0 Å². The maximum Gasteiger partial charge on any atom is 0.266 e. The summed E-state index contributed by atoms with van der Waals surface area (Å²) in [5, 5.41) is 0. The third-order valence-corrected chi connectivity index (χ3v) is 2.73. The van der Waals surface area contributed by atoms with Crippen LogP contribution in [0.1, 0.15) is 26.2 Å². The van der Waals surface area contributed by atoms with Crippen molar-refractivity contribution in [3.8, 4) is 0 Å². The molecule has 13 heavy (non-hydrogen) atoms. The summed E-state index contributed by atoms with van der Waals surface area (Å²) in [5.74, 6) is 0.851. The zero-order chi connectivity index (χ0) is 9.68. The van der Waals surface area contributed by atoms with E-state index in [4.69, 9.17) is 4.74 Å². The second-order valence-corrected chi connectivity index (χ2v) is 3.52. The summed E-state index contributed by atoms with van der Waals surface area (Å²) in [7, 11) is 0. The van der Waals surface area contributed by atoms with Gasteiger partial charge in [-0.05, 0) is 30.8 Å². The van der Waals surface area contributed by atoms with Crippen LogP contribution in [-0.2, 0) is 4.74 Å². The summed E-state index contributed by atoms with van der Waals surface area (Å²) in [6.45, 7) is 3.59. The number of hydrogen-bond acceptors (Lipinski definition) is 1. The number of rotatable bonds is 4. The first kappa shape index (κ1) is 10.6. The summed E-state index contributed by atoms with van der Waals surface area (Å²) in [5.41, 5.74) is 0. The highest BCUT2D eigenvalue weighted by atomic mass is 19.3. The zero-order valence-corrected chi connectivity index (χ0v) is 7.93. The summed E-state index contributed by atoms with van der Waals surface area (Å²) in [6, 6.07) is 0. The standard InChI is InChI=1S/C10H16F2O/c1-2-8(3-4-10(11)12)9-5-6-13-7-9/h4,8-9H,2-3,5-7H2,1H3. The Morgan fingerprint density at radius 2 is 2.38 bits per heavy atom. The maximum absolute atomic E-state index is 11.8. The molecule has 0 spiro atoms. The van der Waals surface area contributed by atoms with Crippen LogP contribution in [0.4, 0.5) is 8.78 Å². The molecule has 0 radical (unpaired) electrons. The van der Waals surface area contributed by atoms with E-state index < -0.39 is 6.08 Å². The molecule has 1 aliphatic rings. The van der Waals surface area contributed by atoms with Gasteiger partial charge in [0.25, 0.3) is 6.08 Å². The Bertz CT molecular complexity index is 170. The van der Waals surface area contributed by atoms with E-state index in [9.17, 15) is 8.78 Å². The van der Waals surface area contributed by atoms with E-state index in [2.05, 4.69) is 0 Å². The average molecular weight is 190 g/mol. The topological polar surface area (TPSA) is 9.23 Å². The van der Waals surface area contributed by atoms with Crippen molar-refractivity contribution in [2.45, 2.75) is 26.2 Å². The molecule has 1 fully saturated rings. The molecule has 0 aromatic rings. The maximum atomic E-state index is 11.8. The highest BCUT2D eigenvalue weighted by Crippen LogP contribution is 2.28. The zero-order valence-electron chi connectivity index (χ0n) is 7.93. The van der Waals surface area contributed by atoms with Gasteiger partial charge in [0.15, 0.2) is 0 Å². The van der Waals surface area contributed by atoms with Gasteiger partial charge in [-0.15, -0.1) is 0 Å². The molecular formula is C10H16F2O. The first-order valence-corrected chi connectivity index (χ1v) is 4.83. The lowest BCUT2D eigenvalue weighted by molar-refractivity contribution is 0.170. The van der Waals surface area contributed by atoms with E-state index in [1.165, 1.54) is 0 Å². The molecule has 76 valence electrons. The van der Waals surface area contributed by atoms with Crippen LogP contribution in [0.15, 0.2) is 12.2 Å². The molecule has 3 heteroatoms. The van der Waals surface area contributed by atoms with E-state index in [-0.39, 0.29) is 0 Å². The smallest absolute Gasteiger partial charge is 0.266 e. The second-order valence-electron chi connectivity index (χ2n) is 3.52. The number of hydrogen-bond donors (Lipinski definition) is 0. The summed E-state index contributed by atoms with van der Waals surface area (Å²) in [6.07, 6.45) is 1.95. The molecule has 2 atom stereocenters. The van der Waals surface area contributed by atoms with E-state index in [0.717, 1.165) is 32.1 Å². The fourth-order valence-corrected chi connectivity index (χ4v) is 1.86. The minimum Gasteiger partial charge on any atom is -0.381 e. The molecule has 0 aliphatic carbocycles. The van der Waals surface area contributed by atoms with Crippen molar-refractivity contribution in [3.63, 3.8) is 0 Å².